The van der Waals surface area contributed by atoms with Crippen molar-refractivity contribution < 1.29 is 29.2 Å². The molecule has 0 aromatic rings. The molecule has 6 nitrogen and oxygen atoms in total. The molecule has 0 aromatic carbocycles. The first kappa shape index (κ1) is 14.2. The third-order valence-corrected chi connectivity index (χ3v) is 3.17. The van der Waals surface area contributed by atoms with Crippen LogP contribution in [0.1, 0.15) is 27.7 Å². The molecule has 0 spiro atoms. The summed E-state index contributed by atoms with van der Waals surface area (Å²) in [6.45, 7) is 7.58. The Balaban J connectivity index is 1.92. The van der Waals surface area contributed by atoms with E-state index in [1.807, 2.05) is 0 Å². The smallest absolute Gasteiger partial charge is 0.163 e. The molecule has 2 N–H and O–H groups in total. The Labute approximate surface area is 107 Å². The number of aliphatic hydroxyl groups is 2. The van der Waals surface area contributed by atoms with Gasteiger partial charge < -0.3 is 29.2 Å². The molecule has 106 valence electrons. The summed E-state index contributed by atoms with van der Waals surface area (Å²) in [7, 11) is 0. The van der Waals surface area contributed by atoms with Crippen molar-refractivity contribution in [3.63, 3.8) is 0 Å². The predicted molar refractivity (Wildman–Crippen MR) is 61.8 cm³/mol. The second-order valence-corrected chi connectivity index (χ2v) is 5.72. The lowest BCUT2D eigenvalue weighted by Crippen LogP contribution is -2.47. The molecule has 0 amide bonds. The molecule has 2 fully saturated rings. The number of ether oxygens (including phenoxy) is 4. The van der Waals surface area contributed by atoms with E-state index in [2.05, 4.69) is 0 Å². The van der Waals surface area contributed by atoms with E-state index in [4.69, 9.17) is 18.9 Å². The van der Waals surface area contributed by atoms with Crippen molar-refractivity contribution in [2.45, 2.75) is 63.7 Å². The molecule has 0 saturated carbocycles. The van der Waals surface area contributed by atoms with Crippen molar-refractivity contribution in [1.82, 2.24) is 0 Å². The highest BCUT2D eigenvalue weighted by Gasteiger charge is 2.45. The lowest BCUT2D eigenvalue weighted by Gasteiger charge is -2.27. The fraction of sp³-hybridized carbons (Fsp3) is 1.00. The molecule has 0 radical (unpaired) electrons. The van der Waals surface area contributed by atoms with E-state index in [0.717, 1.165) is 0 Å². The van der Waals surface area contributed by atoms with E-state index in [1.165, 1.54) is 0 Å². The van der Waals surface area contributed by atoms with E-state index in [0.29, 0.717) is 0 Å². The van der Waals surface area contributed by atoms with Crippen molar-refractivity contribution in [3.8, 4) is 0 Å². The highest BCUT2D eigenvalue weighted by molar-refractivity contribution is 4.88. The minimum Gasteiger partial charge on any atom is -0.387 e. The lowest BCUT2D eigenvalue weighted by molar-refractivity contribution is -0.183. The van der Waals surface area contributed by atoms with E-state index in [-0.39, 0.29) is 13.2 Å². The molecular weight excluding hydrogens is 240 g/mol. The van der Waals surface area contributed by atoms with Gasteiger partial charge in [-0.25, -0.2) is 0 Å². The van der Waals surface area contributed by atoms with Crippen LogP contribution in [0.25, 0.3) is 0 Å². The van der Waals surface area contributed by atoms with E-state index >= 15 is 0 Å². The second-order valence-electron chi connectivity index (χ2n) is 5.72. The number of hydrogen-bond donors (Lipinski definition) is 2. The SMILES string of the molecule is CC1(C)OCC([C@@H](O)C(O)[C@H]2COC(C)(C)O2)O1. The van der Waals surface area contributed by atoms with Gasteiger partial charge in [0.25, 0.3) is 0 Å². The van der Waals surface area contributed by atoms with Gasteiger partial charge in [0.2, 0.25) is 0 Å². The van der Waals surface area contributed by atoms with Crippen molar-refractivity contribution in [2.75, 3.05) is 13.2 Å². The summed E-state index contributed by atoms with van der Waals surface area (Å²) in [5.74, 6) is -1.45. The van der Waals surface area contributed by atoms with Gasteiger partial charge in [-0.1, -0.05) is 0 Å². The van der Waals surface area contributed by atoms with Crippen molar-refractivity contribution in [3.05, 3.63) is 0 Å². The zero-order valence-electron chi connectivity index (χ0n) is 11.3. The minimum atomic E-state index is -1.06. The Bertz CT molecular complexity index is 273. The molecule has 6 heteroatoms. The molecule has 4 atom stereocenters. The van der Waals surface area contributed by atoms with Crippen LogP contribution >= 0.6 is 0 Å². The first-order valence-corrected chi connectivity index (χ1v) is 6.20. The van der Waals surface area contributed by atoms with Crippen LogP contribution in [0, 0.1) is 0 Å². The maximum atomic E-state index is 10.1. The molecular formula is C12H22O6. The molecule has 0 aliphatic carbocycles. The summed E-state index contributed by atoms with van der Waals surface area (Å²) >= 11 is 0. The molecule has 0 aromatic heterocycles. The van der Waals surface area contributed by atoms with Crippen LogP contribution < -0.4 is 0 Å². The minimum absolute atomic E-state index is 0.252. The van der Waals surface area contributed by atoms with Gasteiger partial charge >= 0.3 is 0 Å². The van der Waals surface area contributed by atoms with Gasteiger partial charge in [0.05, 0.1) is 13.2 Å². The molecule has 2 rings (SSSR count). The Hall–Kier alpha value is -0.240. The largest absolute Gasteiger partial charge is 0.387 e. The second kappa shape index (κ2) is 4.70. The molecule has 2 aliphatic heterocycles. The normalized spacial score (nSPS) is 37.7. The Morgan fingerprint density at radius 1 is 0.833 bits per heavy atom. The predicted octanol–water partition coefficient (Wildman–Crippen LogP) is 0.0112. The number of hydrogen-bond acceptors (Lipinski definition) is 6. The maximum Gasteiger partial charge on any atom is 0.163 e. The van der Waals surface area contributed by atoms with E-state index in [9.17, 15) is 10.2 Å². The zero-order valence-corrected chi connectivity index (χ0v) is 11.3. The summed E-state index contributed by atoms with van der Waals surface area (Å²) in [6.07, 6.45) is -3.23. The Morgan fingerprint density at radius 2 is 1.17 bits per heavy atom. The average Bonchev–Trinajstić information content (AvgIpc) is 2.79. The highest BCUT2D eigenvalue weighted by Crippen LogP contribution is 2.29. The topological polar surface area (TPSA) is 77.4 Å². The fourth-order valence-corrected chi connectivity index (χ4v) is 2.21. The van der Waals surface area contributed by atoms with Gasteiger partial charge in [-0.2, -0.15) is 0 Å². The zero-order chi connectivity index (χ0) is 13.6. The summed E-state index contributed by atoms with van der Waals surface area (Å²) in [6, 6.07) is 0. The lowest BCUT2D eigenvalue weighted by atomic mass is 10.0. The summed E-state index contributed by atoms with van der Waals surface area (Å²) < 4.78 is 21.8. The van der Waals surface area contributed by atoms with Crippen molar-refractivity contribution >= 4 is 0 Å². The molecule has 2 heterocycles. The summed E-state index contributed by atoms with van der Waals surface area (Å²) in [5.41, 5.74) is 0. The molecule has 2 aliphatic rings. The maximum absolute atomic E-state index is 10.1. The first-order chi connectivity index (χ1) is 8.20. The van der Waals surface area contributed by atoms with Crippen LogP contribution in [0.4, 0.5) is 0 Å². The number of rotatable bonds is 3. The first-order valence-electron chi connectivity index (χ1n) is 6.20. The number of aliphatic hydroxyl groups excluding tert-OH is 2. The van der Waals surface area contributed by atoms with Crippen LogP contribution in [0.2, 0.25) is 0 Å². The van der Waals surface area contributed by atoms with Crippen LogP contribution in [0.15, 0.2) is 0 Å². The van der Waals surface area contributed by atoms with E-state index < -0.39 is 36.0 Å². The fourth-order valence-electron chi connectivity index (χ4n) is 2.21. The van der Waals surface area contributed by atoms with Gasteiger partial charge in [-0.15, -0.1) is 0 Å². The third kappa shape index (κ3) is 3.01. The van der Waals surface area contributed by atoms with Crippen LogP contribution in [0.5, 0.6) is 0 Å². The van der Waals surface area contributed by atoms with Crippen molar-refractivity contribution in [2.24, 2.45) is 0 Å². The molecule has 2 saturated heterocycles. The monoisotopic (exact) mass is 262 g/mol. The van der Waals surface area contributed by atoms with Crippen LogP contribution in [-0.2, 0) is 18.9 Å². The van der Waals surface area contributed by atoms with Gasteiger partial charge in [0.1, 0.15) is 24.4 Å². The molecule has 0 bridgehead atoms. The highest BCUT2D eigenvalue weighted by atomic mass is 16.8. The quantitative estimate of drug-likeness (QED) is 0.746. The van der Waals surface area contributed by atoms with Gasteiger partial charge in [-0.05, 0) is 27.7 Å². The standard InChI is InChI=1S/C12H22O6/c1-11(2)15-5-7(17-11)9(13)10(14)8-6-16-12(3,4)18-8/h7-10,13-14H,5-6H2,1-4H3/t7-,8?,9?,10-/m1/s1. The van der Waals surface area contributed by atoms with Gasteiger partial charge in [0.15, 0.2) is 11.6 Å². The van der Waals surface area contributed by atoms with Crippen LogP contribution in [-0.4, -0.2) is 59.4 Å². The third-order valence-electron chi connectivity index (χ3n) is 3.17. The Morgan fingerprint density at radius 3 is 1.39 bits per heavy atom. The Kier molecular flexibility index (Phi) is 3.70. The average molecular weight is 262 g/mol. The molecule has 18 heavy (non-hydrogen) atoms. The van der Waals surface area contributed by atoms with Gasteiger partial charge in [0, 0.05) is 0 Å². The summed E-state index contributed by atoms with van der Waals surface area (Å²) in [5, 5.41) is 20.2. The summed E-state index contributed by atoms with van der Waals surface area (Å²) in [4.78, 5) is 0. The van der Waals surface area contributed by atoms with Crippen LogP contribution in [0.3, 0.4) is 0 Å². The van der Waals surface area contributed by atoms with Gasteiger partial charge in [-0.3, -0.25) is 0 Å². The van der Waals surface area contributed by atoms with Crippen molar-refractivity contribution in [1.29, 1.82) is 0 Å². The van der Waals surface area contributed by atoms with E-state index in [1.54, 1.807) is 27.7 Å². The molecule has 2 unspecified atom stereocenters.